The quantitative estimate of drug-likeness (QED) is 0.712. The normalized spacial score (nSPS) is 10.7. The van der Waals surface area contributed by atoms with Gasteiger partial charge in [0.2, 0.25) is 0 Å². The van der Waals surface area contributed by atoms with Crippen LogP contribution in [-0.4, -0.2) is 19.8 Å². The monoisotopic (exact) mass is 253 g/mol. The number of rotatable bonds is 8. The number of benzene rings is 1. The molecule has 0 fully saturated rings. The van der Waals surface area contributed by atoms with Crippen LogP contribution in [0.4, 0.5) is 10.1 Å². The van der Waals surface area contributed by atoms with Crippen molar-refractivity contribution in [2.75, 3.05) is 25.1 Å². The van der Waals surface area contributed by atoms with Crippen LogP contribution in [0.25, 0.3) is 0 Å². The van der Waals surface area contributed by atoms with Gasteiger partial charge in [0.25, 0.3) is 0 Å². The second kappa shape index (κ2) is 8.09. The van der Waals surface area contributed by atoms with Crippen LogP contribution in [0.3, 0.4) is 0 Å². The minimum Gasteiger partial charge on any atom is -0.382 e. The average molecular weight is 253 g/mol. The molecule has 1 aromatic carbocycles. The molecule has 1 N–H and O–H groups in total. The third kappa shape index (κ3) is 4.30. The fourth-order valence-corrected chi connectivity index (χ4v) is 2.00. The summed E-state index contributed by atoms with van der Waals surface area (Å²) in [6, 6.07) is 3.24. The molecule has 0 heterocycles. The van der Waals surface area contributed by atoms with E-state index in [-0.39, 0.29) is 5.82 Å². The molecule has 0 atom stereocenters. The Labute approximate surface area is 110 Å². The van der Waals surface area contributed by atoms with Gasteiger partial charge in [0.05, 0.1) is 6.61 Å². The summed E-state index contributed by atoms with van der Waals surface area (Å²) in [5.41, 5.74) is 3.17. The van der Waals surface area contributed by atoms with E-state index in [9.17, 15) is 4.39 Å². The van der Waals surface area contributed by atoms with Crippen LogP contribution in [-0.2, 0) is 17.6 Å². The molecule has 102 valence electrons. The standard InChI is InChI=1S/C15H24FNO/c1-4-8-18-9-7-17-15-12(5-2)10-14(16)11-13(15)6-3/h10-11,17H,4-9H2,1-3H3. The SMILES string of the molecule is CCCOCCNc1c(CC)cc(F)cc1CC. The van der Waals surface area contributed by atoms with Crippen LogP contribution in [0.1, 0.15) is 38.3 Å². The first-order valence-electron chi connectivity index (χ1n) is 6.85. The number of halogens is 1. The van der Waals surface area contributed by atoms with Crippen LogP contribution < -0.4 is 5.32 Å². The highest BCUT2D eigenvalue weighted by Gasteiger charge is 2.08. The number of aryl methyl sites for hydroxylation is 2. The third-order valence-corrected chi connectivity index (χ3v) is 2.92. The molecule has 0 saturated heterocycles. The molecular weight excluding hydrogens is 229 g/mol. The molecular formula is C15H24FNO. The molecule has 18 heavy (non-hydrogen) atoms. The number of anilines is 1. The van der Waals surface area contributed by atoms with Gasteiger partial charge in [-0.3, -0.25) is 0 Å². The summed E-state index contributed by atoms with van der Waals surface area (Å²) in [5.74, 6) is -0.142. The first kappa shape index (κ1) is 15.0. The lowest BCUT2D eigenvalue weighted by Gasteiger charge is -2.15. The predicted octanol–water partition coefficient (Wildman–Crippen LogP) is 3.79. The fourth-order valence-electron chi connectivity index (χ4n) is 2.00. The van der Waals surface area contributed by atoms with Gasteiger partial charge in [-0.05, 0) is 42.5 Å². The molecule has 1 rings (SSSR count). The second-order valence-electron chi connectivity index (χ2n) is 4.35. The van der Waals surface area contributed by atoms with E-state index in [2.05, 4.69) is 12.2 Å². The van der Waals surface area contributed by atoms with Gasteiger partial charge in [-0.25, -0.2) is 4.39 Å². The van der Waals surface area contributed by atoms with Crippen LogP contribution >= 0.6 is 0 Å². The molecule has 0 bridgehead atoms. The van der Waals surface area contributed by atoms with Crippen molar-refractivity contribution in [2.45, 2.75) is 40.0 Å². The second-order valence-corrected chi connectivity index (χ2v) is 4.35. The van der Waals surface area contributed by atoms with E-state index in [0.717, 1.165) is 49.2 Å². The van der Waals surface area contributed by atoms with Crippen LogP contribution in [0, 0.1) is 5.82 Å². The zero-order valence-corrected chi connectivity index (χ0v) is 11.7. The lowest BCUT2D eigenvalue weighted by Crippen LogP contribution is -2.13. The van der Waals surface area contributed by atoms with Crippen molar-refractivity contribution in [1.82, 2.24) is 0 Å². The zero-order valence-electron chi connectivity index (χ0n) is 11.7. The zero-order chi connectivity index (χ0) is 13.4. The lowest BCUT2D eigenvalue weighted by molar-refractivity contribution is 0.144. The maximum atomic E-state index is 13.4. The van der Waals surface area contributed by atoms with Gasteiger partial charge in [-0.15, -0.1) is 0 Å². The van der Waals surface area contributed by atoms with Crippen molar-refractivity contribution in [3.05, 3.63) is 29.1 Å². The summed E-state index contributed by atoms with van der Waals surface area (Å²) in [6.07, 6.45) is 2.71. The van der Waals surface area contributed by atoms with Gasteiger partial charge in [-0.1, -0.05) is 20.8 Å². The molecule has 1 aromatic rings. The van der Waals surface area contributed by atoms with Crippen molar-refractivity contribution in [3.8, 4) is 0 Å². The molecule has 0 aliphatic rings. The van der Waals surface area contributed by atoms with E-state index >= 15 is 0 Å². The summed E-state index contributed by atoms with van der Waals surface area (Å²) in [5, 5.41) is 3.38. The van der Waals surface area contributed by atoms with Gasteiger partial charge in [0.1, 0.15) is 5.82 Å². The molecule has 0 aliphatic heterocycles. The molecule has 0 spiro atoms. The van der Waals surface area contributed by atoms with Crippen molar-refractivity contribution in [3.63, 3.8) is 0 Å². The Kier molecular flexibility index (Phi) is 6.73. The Bertz CT molecular complexity index is 341. The maximum Gasteiger partial charge on any atom is 0.123 e. The summed E-state index contributed by atoms with van der Waals surface area (Å²) < 4.78 is 18.9. The van der Waals surface area contributed by atoms with Gasteiger partial charge in [0, 0.05) is 18.8 Å². The highest BCUT2D eigenvalue weighted by Crippen LogP contribution is 2.24. The van der Waals surface area contributed by atoms with Crippen molar-refractivity contribution in [2.24, 2.45) is 0 Å². The Morgan fingerprint density at radius 1 is 1.06 bits per heavy atom. The van der Waals surface area contributed by atoms with Crippen molar-refractivity contribution >= 4 is 5.69 Å². The van der Waals surface area contributed by atoms with Crippen LogP contribution in [0.15, 0.2) is 12.1 Å². The van der Waals surface area contributed by atoms with Crippen LogP contribution in [0.2, 0.25) is 0 Å². The molecule has 0 aromatic heterocycles. The van der Waals surface area contributed by atoms with Gasteiger partial charge in [-0.2, -0.15) is 0 Å². The minimum atomic E-state index is -0.142. The Balaban J connectivity index is 2.67. The first-order valence-corrected chi connectivity index (χ1v) is 6.85. The molecule has 0 radical (unpaired) electrons. The molecule has 0 saturated carbocycles. The molecule has 0 amide bonds. The molecule has 0 unspecified atom stereocenters. The van der Waals surface area contributed by atoms with Gasteiger partial charge < -0.3 is 10.1 Å². The smallest absolute Gasteiger partial charge is 0.123 e. The van der Waals surface area contributed by atoms with E-state index in [1.165, 1.54) is 0 Å². The topological polar surface area (TPSA) is 21.3 Å². The van der Waals surface area contributed by atoms with E-state index in [1.807, 2.05) is 13.8 Å². The average Bonchev–Trinajstić information content (AvgIpc) is 2.39. The van der Waals surface area contributed by atoms with Crippen LogP contribution in [0.5, 0.6) is 0 Å². The first-order chi connectivity index (χ1) is 8.72. The Hall–Kier alpha value is -1.09. The molecule has 2 nitrogen and oxygen atoms in total. The highest BCUT2D eigenvalue weighted by molar-refractivity contribution is 5.58. The van der Waals surface area contributed by atoms with Gasteiger partial charge >= 0.3 is 0 Å². The Morgan fingerprint density at radius 2 is 1.67 bits per heavy atom. The van der Waals surface area contributed by atoms with Crippen molar-refractivity contribution < 1.29 is 9.13 Å². The summed E-state index contributed by atoms with van der Waals surface area (Å²) in [4.78, 5) is 0. The number of hydrogen-bond acceptors (Lipinski definition) is 2. The summed E-state index contributed by atoms with van der Waals surface area (Å²) in [7, 11) is 0. The van der Waals surface area contributed by atoms with Gasteiger partial charge in [0.15, 0.2) is 0 Å². The molecule has 3 heteroatoms. The van der Waals surface area contributed by atoms with E-state index in [0.29, 0.717) is 6.61 Å². The predicted molar refractivity (Wildman–Crippen MR) is 74.8 cm³/mol. The third-order valence-electron chi connectivity index (χ3n) is 2.92. The van der Waals surface area contributed by atoms with Crippen molar-refractivity contribution in [1.29, 1.82) is 0 Å². The molecule has 0 aliphatic carbocycles. The number of ether oxygens (including phenoxy) is 1. The van der Waals surface area contributed by atoms with E-state index < -0.39 is 0 Å². The Morgan fingerprint density at radius 3 is 2.17 bits per heavy atom. The fraction of sp³-hybridized carbons (Fsp3) is 0.600. The number of nitrogens with one attached hydrogen (secondary N) is 1. The highest BCUT2D eigenvalue weighted by atomic mass is 19.1. The summed E-state index contributed by atoms with van der Waals surface area (Å²) in [6.45, 7) is 8.45. The lowest BCUT2D eigenvalue weighted by atomic mass is 10.0. The van der Waals surface area contributed by atoms with E-state index in [1.54, 1.807) is 12.1 Å². The minimum absolute atomic E-state index is 0.142. The summed E-state index contributed by atoms with van der Waals surface area (Å²) >= 11 is 0. The largest absolute Gasteiger partial charge is 0.382 e. The number of hydrogen-bond donors (Lipinski definition) is 1. The van der Waals surface area contributed by atoms with E-state index in [4.69, 9.17) is 4.74 Å². The maximum absolute atomic E-state index is 13.4.